The number of hydrogen-bond acceptors (Lipinski definition) is 4. The van der Waals surface area contributed by atoms with Gasteiger partial charge >= 0.3 is 13.5 Å². The predicted octanol–water partition coefficient (Wildman–Crippen LogP) is 5.36. The fraction of sp³-hybridized carbons (Fsp3) is 0.500. The Morgan fingerprint density at radius 2 is 1.69 bits per heavy atom. The summed E-state index contributed by atoms with van der Waals surface area (Å²) in [6.45, 7) is 6.62. The van der Waals surface area contributed by atoms with E-state index in [1.54, 1.807) is 12.1 Å². The highest BCUT2D eigenvalue weighted by molar-refractivity contribution is 7.65. The molecule has 174 valence electrons. The summed E-state index contributed by atoms with van der Waals surface area (Å²) in [5.74, 6) is 0.819. The summed E-state index contributed by atoms with van der Waals surface area (Å²) in [6, 6.07) is 18.1. The van der Waals surface area contributed by atoms with E-state index in [-0.39, 0.29) is 6.10 Å². The smallest absolute Gasteiger partial charge is 0.323 e. The van der Waals surface area contributed by atoms with Crippen molar-refractivity contribution in [3.63, 3.8) is 0 Å². The summed E-state index contributed by atoms with van der Waals surface area (Å²) in [4.78, 5) is 12.7. The number of carbonyl (C=O) groups excluding carboxylic acids is 1. The van der Waals surface area contributed by atoms with Crippen LogP contribution in [0.2, 0.25) is 0 Å². The van der Waals surface area contributed by atoms with E-state index >= 15 is 0 Å². The first kappa shape index (κ1) is 24.7. The molecule has 5 nitrogen and oxygen atoms in total. The Bertz CT molecular complexity index is 903. The van der Waals surface area contributed by atoms with Gasteiger partial charge in [-0.15, -0.1) is 0 Å². The summed E-state index contributed by atoms with van der Waals surface area (Å²) in [5.41, 5.74) is 0.960. The van der Waals surface area contributed by atoms with E-state index in [4.69, 9.17) is 9.26 Å². The Morgan fingerprint density at radius 3 is 2.28 bits per heavy atom. The summed E-state index contributed by atoms with van der Waals surface area (Å²) >= 11 is 0. The van der Waals surface area contributed by atoms with Crippen molar-refractivity contribution in [3.05, 3.63) is 66.2 Å². The molecule has 1 N–H and O–H groups in total. The van der Waals surface area contributed by atoms with Gasteiger partial charge < -0.3 is 9.26 Å². The number of esters is 1. The minimum absolute atomic E-state index is 0.132. The summed E-state index contributed by atoms with van der Waals surface area (Å²) in [7, 11) is -2.20. The predicted molar refractivity (Wildman–Crippen MR) is 129 cm³/mol. The lowest BCUT2D eigenvalue weighted by atomic mass is 9.75. The summed E-state index contributed by atoms with van der Waals surface area (Å²) in [5, 5.41) is 3.70. The molecule has 0 radical (unpaired) electrons. The van der Waals surface area contributed by atoms with Gasteiger partial charge in [-0.05, 0) is 54.7 Å². The minimum atomic E-state index is -3.55. The number of methoxy groups -OCH3 is 1. The summed E-state index contributed by atoms with van der Waals surface area (Å²) < 4.78 is 26.0. The van der Waals surface area contributed by atoms with E-state index in [0.29, 0.717) is 29.5 Å². The lowest BCUT2D eigenvalue weighted by molar-refractivity contribution is -0.142. The molecule has 1 aliphatic rings. The van der Waals surface area contributed by atoms with Crippen LogP contribution in [0, 0.1) is 17.8 Å². The van der Waals surface area contributed by atoms with Crippen molar-refractivity contribution < 1.29 is 18.6 Å². The highest BCUT2D eigenvalue weighted by atomic mass is 31.2. The van der Waals surface area contributed by atoms with Crippen LogP contribution in [0.1, 0.15) is 45.6 Å². The van der Waals surface area contributed by atoms with Crippen molar-refractivity contribution in [2.24, 2.45) is 17.8 Å². The maximum absolute atomic E-state index is 14.4. The van der Waals surface area contributed by atoms with Crippen LogP contribution in [-0.2, 0) is 25.0 Å². The molecule has 0 spiro atoms. The van der Waals surface area contributed by atoms with E-state index in [1.165, 1.54) is 7.11 Å². The average Bonchev–Trinajstić information content (AvgIpc) is 2.79. The zero-order valence-corrected chi connectivity index (χ0v) is 20.5. The fourth-order valence-corrected chi connectivity index (χ4v) is 6.72. The van der Waals surface area contributed by atoms with Crippen LogP contribution in [0.3, 0.4) is 0 Å². The fourth-order valence-electron chi connectivity index (χ4n) is 4.60. The van der Waals surface area contributed by atoms with E-state index in [1.807, 2.05) is 48.5 Å². The first-order valence-corrected chi connectivity index (χ1v) is 13.2. The Hall–Kier alpha value is -1.94. The third-order valence-corrected chi connectivity index (χ3v) is 8.63. The molecule has 6 heteroatoms. The molecule has 1 aliphatic carbocycles. The van der Waals surface area contributed by atoms with Gasteiger partial charge in [0.25, 0.3) is 0 Å². The zero-order chi connectivity index (χ0) is 23.1. The van der Waals surface area contributed by atoms with Gasteiger partial charge in [0, 0.05) is 0 Å². The number of hydrogen-bond donors (Lipinski definition) is 1. The van der Waals surface area contributed by atoms with Crippen molar-refractivity contribution >= 4 is 18.8 Å². The largest absolute Gasteiger partial charge is 0.468 e. The quantitative estimate of drug-likeness (QED) is 0.406. The van der Waals surface area contributed by atoms with Crippen molar-refractivity contribution in [2.75, 3.05) is 7.11 Å². The molecular weight excluding hydrogens is 421 g/mol. The van der Waals surface area contributed by atoms with Crippen LogP contribution in [0.15, 0.2) is 60.7 Å². The molecule has 1 unspecified atom stereocenters. The minimum Gasteiger partial charge on any atom is -0.468 e. The Labute approximate surface area is 192 Å². The SMILES string of the molecule is COC(=O)C(Cc1ccccc1)N[P@](=O)(O[C@@H]1C[C@H](C)CC[C@H]1C(C)C)c1ccccc1. The second kappa shape index (κ2) is 11.3. The highest BCUT2D eigenvalue weighted by Gasteiger charge is 2.40. The average molecular weight is 458 g/mol. The van der Waals surface area contributed by atoms with Crippen LogP contribution in [0.25, 0.3) is 0 Å². The van der Waals surface area contributed by atoms with Gasteiger partial charge in [0.1, 0.15) is 6.04 Å². The van der Waals surface area contributed by atoms with Crippen LogP contribution in [0.5, 0.6) is 0 Å². The number of benzene rings is 2. The van der Waals surface area contributed by atoms with Crippen LogP contribution in [0.4, 0.5) is 0 Å². The lowest BCUT2D eigenvalue weighted by Gasteiger charge is -2.39. The molecular formula is C26H36NO4P. The number of carbonyl (C=O) groups is 1. The lowest BCUT2D eigenvalue weighted by Crippen LogP contribution is -2.42. The number of rotatable bonds is 9. The molecule has 0 bridgehead atoms. The van der Waals surface area contributed by atoms with Crippen molar-refractivity contribution in [1.29, 1.82) is 0 Å². The number of ether oxygens (including phenoxy) is 1. The first-order valence-electron chi connectivity index (χ1n) is 11.6. The van der Waals surface area contributed by atoms with Crippen molar-refractivity contribution in [3.8, 4) is 0 Å². The third kappa shape index (κ3) is 6.31. The van der Waals surface area contributed by atoms with Gasteiger partial charge in [-0.1, -0.05) is 75.7 Å². The molecule has 0 aliphatic heterocycles. The van der Waals surface area contributed by atoms with Gasteiger partial charge in [-0.2, -0.15) is 0 Å². The second-order valence-corrected chi connectivity index (χ2v) is 11.3. The summed E-state index contributed by atoms with van der Waals surface area (Å²) in [6.07, 6.45) is 3.31. The van der Waals surface area contributed by atoms with Gasteiger partial charge in [0.05, 0.1) is 18.5 Å². The molecule has 1 saturated carbocycles. The van der Waals surface area contributed by atoms with Crippen LogP contribution < -0.4 is 10.4 Å². The number of nitrogens with one attached hydrogen (secondary N) is 1. The van der Waals surface area contributed by atoms with Gasteiger partial charge in [0.15, 0.2) is 0 Å². The molecule has 1 fully saturated rings. The van der Waals surface area contributed by atoms with E-state index in [2.05, 4.69) is 25.9 Å². The van der Waals surface area contributed by atoms with E-state index in [9.17, 15) is 9.36 Å². The monoisotopic (exact) mass is 457 g/mol. The van der Waals surface area contributed by atoms with Crippen LogP contribution in [-0.4, -0.2) is 25.2 Å². The molecule has 3 rings (SSSR count). The molecule has 0 amide bonds. The molecule has 0 heterocycles. The topological polar surface area (TPSA) is 64.6 Å². The van der Waals surface area contributed by atoms with Gasteiger partial charge in [0.2, 0.25) is 0 Å². The first-order chi connectivity index (χ1) is 15.3. The van der Waals surface area contributed by atoms with Gasteiger partial charge in [-0.3, -0.25) is 9.36 Å². The van der Waals surface area contributed by atoms with Crippen LogP contribution >= 0.6 is 7.52 Å². The van der Waals surface area contributed by atoms with Gasteiger partial charge in [-0.25, -0.2) is 5.09 Å². The van der Waals surface area contributed by atoms with E-state index < -0.39 is 19.5 Å². The second-order valence-electron chi connectivity index (χ2n) is 9.25. The normalized spacial score (nSPS) is 24.0. The standard InChI is InChI=1S/C26H36NO4P/c1-19(2)23-16-15-20(3)17-25(23)31-32(29,22-13-9-6-10-14-22)27-24(26(28)30-4)18-21-11-7-5-8-12-21/h5-14,19-20,23-25H,15-18H2,1-4H3,(H,27,29)/t20-,23+,24?,25-,32-/m1/s1. The molecule has 2 aromatic rings. The highest BCUT2D eigenvalue weighted by Crippen LogP contribution is 2.48. The molecule has 0 saturated heterocycles. The third-order valence-electron chi connectivity index (χ3n) is 6.44. The molecule has 0 aromatic heterocycles. The Balaban J connectivity index is 1.93. The molecule has 32 heavy (non-hydrogen) atoms. The zero-order valence-electron chi connectivity index (χ0n) is 19.6. The molecule has 2 aromatic carbocycles. The maximum Gasteiger partial charge on any atom is 0.323 e. The maximum atomic E-state index is 14.4. The van der Waals surface area contributed by atoms with E-state index in [0.717, 1.165) is 24.8 Å². The Morgan fingerprint density at radius 1 is 1.06 bits per heavy atom. The van der Waals surface area contributed by atoms with Crippen molar-refractivity contribution in [1.82, 2.24) is 5.09 Å². The molecule has 5 atom stereocenters. The van der Waals surface area contributed by atoms with Crippen molar-refractivity contribution in [2.45, 2.75) is 58.6 Å². The Kier molecular flexibility index (Phi) is 8.70.